The summed E-state index contributed by atoms with van der Waals surface area (Å²) in [6.45, 7) is 1.98. The Morgan fingerprint density at radius 2 is 1.91 bits per heavy atom. The molecule has 0 aliphatic heterocycles. The molecular weight excluding hydrogens is 294 g/mol. The maximum atomic E-state index is 12.2. The molecule has 4 aromatic rings. The van der Waals surface area contributed by atoms with E-state index in [-0.39, 0.29) is 5.56 Å². The van der Waals surface area contributed by atoms with Crippen molar-refractivity contribution in [3.63, 3.8) is 0 Å². The van der Waals surface area contributed by atoms with Crippen LogP contribution in [0.25, 0.3) is 31.7 Å². The van der Waals surface area contributed by atoms with Crippen LogP contribution in [0.5, 0.6) is 0 Å². The minimum atomic E-state index is -0.0777. The molecule has 0 unspecified atom stereocenters. The fraction of sp³-hybridized carbons (Fsp3) is 0.118. The van der Waals surface area contributed by atoms with Crippen molar-refractivity contribution in [1.82, 2.24) is 15.0 Å². The number of hydrogen-bond acceptors (Lipinski definition) is 4. The van der Waals surface area contributed by atoms with Gasteiger partial charge in [0, 0.05) is 17.4 Å². The Morgan fingerprint density at radius 3 is 2.68 bits per heavy atom. The highest BCUT2D eigenvalue weighted by atomic mass is 32.1. The molecule has 0 saturated heterocycles. The predicted molar refractivity (Wildman–Crippen MR) is 90.4 cm³/mol. The summed E-state index contributed by atoms with van der Waals surface area (Å²) in [7, 11) is 0. The molecular formula is C17H13N3OS. The number of aromatic amines is 1. The van der Waals surface area contributed by atoms with Gasteiger partial charge in [-0.05, 0) is 12.1 Å². The standard InChI is InChI=1S/C17H13N3OS/c1-2-13-19-14-11-8-9-12(10-6-4-3-5-7-10)18-17(11)22-15(14)16(21)20-13/h3-9H,2H2,1H3,(H,19,20,21). The van der Waals surface area contributed by atoms with Crippen LogP contribution >= 0.6 is 11.3 Å². The fourth-order valence-electron chi connectivity index (χ4n) is 2.52. The smallest absolute Gasteiger partial charge is 0.268 e. The molecule has 0 saturated carbocycles. The van der Waals surface area contributed by atoms with Gasteiger partial charge in [0.15, 0.2) is 0 Å². The van der Waals surface area contributed by atoms with Gasteiger partial charge in [-0.3, -0.25) is 4.79 Å². The first-order chi connectivity index (χ1) is 10.8. The minimum Gasteiger partial charge on any atom is -0.309 e. The highest BCUT2D eigenvalue weighted by Gasteiger charge is 2.12. The predicted octanol–water partition coefficient (Wildman–Crippen LogP) is 3.76. The Kier molecular flexibility index (Phi) is 3.01. The van der Waals surface area contributed by atoms with Crippen LogP contribution in [0.4, 0.5) is 0 Å². The molecule has 0 fully saturated rings. The number of nitrogens with one attached hydrogen (secondary N) is 1. The summed E-state index contributed by atoms with van der Waals surface area (Å²) >= 11 is 1.40. The first kappa shape index (κ1) is 13.2. The van der Waals surface area contributed by atoms with E-state index in [4.69, 9.17) is 4.98 Å². The summed E-state index contributed by atoms with van der Waals surface area (Å²) < 4.78 is 0.643. The van der Waals surface area contributed by atoms with Gasteiger partial charge in [-0.2, -0.15) is 0 Å². The molecule has 0 amide bonds. The van der Waals surface area contributed by atoms with Gasteiger partial charge < -0.3 is 4.98 Å². The molecule has 0 aliphatic rings. The fourth-order valence-corrected chi connectivity index (χ4v) is 3.53. The number of aromatic nitrogens is 3. The molecule has 1 aromatic carbocycles. The summed E-state index contributed by atoms with van der Waals surface area (Å²) in [6, 6.07) is 14.0. The van der Waals surface area contributed by atoms with Gasteiger partial charge in [0.1, 0.15) is 15.4 Å². The van der Waals surface area contributed by atoms with E-state index in [1.54, 1.807) is 0 Å². The van der Waals surface area contributed by atoms with Crippen molar-refractivity contribution in [3.05, 3.63) is 58.6 Å². The van der Waals surface area contributed by atoms with Crippen molar-refractivity contribution in [2.45, 2.75) is 13.3 Å². The quantitative estimate of drug-likeness (QED) is 0.613. The van der Waals surface area contributed by atoms with Crippen LogP contribution in [0.2, 0.25) is 0 Å². The number of rotatable bonds is 2. The maximum Gasteiger partial charge on any atom is 0.268 e. The largest absolute Gasteiger partial charge is 0.309 e. The number of benzene rings is 1. The van der Waals surface area contributed by atoms with Crippen molar-refractivity contribution in [3.8, 4) is 11.3 Å². The molecule has 4 nitrogen and oxygen atoms in total. The number of nitrogens with zero attached hydrogens (tertiary/aromatic N) is 2. The van der Waals surface area contributed by atoms with Gasteiger partial charge in [-0.1, -0.05) is 37.3 Å². The van der Waals surface area contributed by atoms with Gasteiger partial charge in [0.05, 0.1) is 11.2 Å². The van der Waals surface area contributed by atoms with Crippen LogP contribution in [0, 0.1) is 0 Å². The molecule has 3 heterocycles. The summed E-state index contributed by atoms with van der Waals surface area (Å²) in [5.41, 5.74) is 2.66. The van der Waals surface area contributed by atoms with E-state index in [0.717, 1.165) is 27.0 Å². The van der Waals surface area contributed by atoms with Gasteiger partial charge >= 0.3 is 0 Å². The second-order valence-corrected chi connectivity index (χ2v) is 6.06. The number of fused-ring (bicyclic) bond motifs is 3. The third-order valence-electron chi connectivity index (χ3n) is 3.64. The zero-order valence-corrected chi connectivity index (χ0v) is 12.8. The molecule has 0 atom stereocenters. The molecule has 1 N–H and O–H groups in total. The first-order valence-electron chi connectivity index (χ1n) is 7.14. The van der Waals surface area contributed by atoms with Crippen LogP contribution in [-0.2, 0) is 6.42 Å². The highest BCUT2D eigenvalue weighted by Crippen LogP contribution is 2.31. The van der Waals surface area contributed by atoms with Gasteiger partial charge in [-0.15, -0.1) is 11.3 Å². The number of aryl methyl sites for hydroxylation is 1. The third kappa shape index (κ3) is 2.02. The lowest BCUT2D eigenvalue weighted by Gasteiger charge is -2.00. The average Bonchev–Trinajstić information content (AvgIpc) is 2.94. The molecule has 0 spiro atoms. The zero-order chi connectivity index (χ0) is 15.1. The van der Waals surface area contributed by atoms with Gasteiger partial charge in [-0.25, -0.2) is 9.97 Å². The molecule has 108 valence electrons. The zero-order valence-electron chi connectivity index (χ0n) is 12.0. The molecule has 0 aliphatic carbocycles. The van der Waals surface area contributed by atoms with Crippen LogP contribution < -0.4 is 5.56 Å². The van der Waals surface area contributed by atoms with E-state index in [1.807, 2.05) is 49.4 Å². The molecule has 22 heavy (non-hydrogen) atoms. The van der Waals surface area contributed by atoms with Crippen molar-refractivity contribution < 1.29 is 0 Å². The number of thiophene rings is 1. The average molecular weight is 307 g/mol. The SMILES string of the molecule is CCc1nc2c(sc3nc(-c4ccccc4)ccc32)c(=O)[nH]1. The van der Waals surface area contributed by atoms with Crippen molar-refractivity contribution in [2.75, 3.05) is 0 Å². The number of pyridine rings is 1. The normalized spacial score (nSPS) is 11.3. The summed E-state index contributed by atoms with van der Waals surface area (Å²) in [5, 5.41) is 0.945. The number of hydrogen-bond donors (Lipinski definition) is 1. The van der Waals surface area contributed by atoms with E-state index >= 15 is 0 Å². The topological polar surface area (TPSA) is 58.6 Å². The second kappa shape index (κ2) is 5.03. The van der Waals surface area contributed by atoms with Crippen molar-refractivity contribution >= 4 is 31.8 Å². The van der Waals surface area contributed by atoms with Gasteiger partial charge in [0.25, 0.3) is 5.56 Å². The first-order valence-corrected chi connectivity index (χ1v) is 7.96. The second-order valence-electron chi connectivity index (χ2n) is 5.06. The summed E-state index contributed by atoms with van der Waals surface area (Å²) in [4.78, 5) is 25.1. The Morgan fingerprint density at radius 1 is 1.09 bits per heavy atom. The molecule has 4 rings (SSSR count). The highest BCUT2D eigenvalue weighted by molar-refractivity contribution is 7.25. The lowest BCUT2D eigenvalue weighted by atomic mass is 10.1. The third-order valence-corrected chi connectivity index (χ3v) is 4.73. The van der Waals surface area contributed by atoms with Crippen LogP contribution in [-0.4, -0.2) is 15.0 Å². The van der Waals surface area contributed by atoms with Crippen LogP contribution in [0.1, 0.15) is 12.7 Å². The lowest BCUT2D eigenvalue weighted by Crippen LogP contribution is -2.09. The van der Waals surface area contributed by atoms with E-state index in [1.165, 1.54) is 11.3 Å². The lowest BCUT2D eigenvalue weighted by molar-refractivity contribution is 0.947. The monoisotopic (exact) mass is 307 g/mol. The maximum absolute atomic E-state index is 12.2. The summed E-state index contributed by atoms with van der Waals surface area (Å²) in [6.07, 6.45) is 0.706. The van der Waals surface area contributed by atoms with Crippen LogP contribution in [0.3, 0.4) is 0 Å². The Bertz CT molecular complexity index is 1030. The van der Waals surface area contributed by atoms with Crippen molar-refractivity contribution in [2.24, 2.45) is 0 Å². The Labute approximate surface area is 130 Å². The Balaban J connectivity index is 2.00. The molecule has 5 heteroatoms. The van der Waals surface area contributed by atoms with Crippen LogP contribution in [0.15, 0.2) is 47.3 Å². The number of H-pyrrole nitrogens is 1. The molecule has 0 radical (unpaired) electrons. The summed E-state index contributed by atoms with van der Waals surface area (Å²) in [5.74, 6) is 0.712. The van der Waals surface area contributed by atoms with Gasteiger partial charge in [0.2, 0.25) is 0 Å². The van der Waals surface area contributed by atoms with E-state index in [0.29, 0.717) is 16.9 Å². The van der Waals surface area contributed by atoms with E-state index < -0.39 is 0 Å². The molecule has 3 aromatic heterocycles. The van der Waals surface area contributed by atoms with Crippen molar-refractivity contribution in [1.29, 1.82) is 0 Å². The van der Waals surface area contributed by atoms with E-state index in [9.17, 15) is 4.79 Å². The minimum absolute atomic E-state index is 0.0777. The van der Waals surface area contributed by atoms with E-state index in [2.05, 4.69) is 9.97 Å². The molecule has 0 bridgehead atoms. The Hall–Kier alpha value is -2.53.